The summed E-state index contributed by atoms with van der Waals surface area (Å²) in [5, 5.41) is 10.3. The fraction of sp³-hybridized carbons (Fsp3) is 0.400. The lowest BCUT2D eigenvalue weighted by Gasteiger charge is -2.21. The Morgan fingerprint density at radius 1 is 1.28 bits per heavy atom. The van der Waals surface area contributed by atoms with Crippen LogP contribution in [0.3, 0.4) is 0 Å². The van der Waals surface area contributed by atoms with Crippen molar-refractivity contribution in [3.8, 4) is 0 Å². The van der Waals surface area contributed by atoms with E-state index >= 15 is 0 Å². The van der Waals surface area contributed by atoms with Crippen molar-refractivity contribution in [1.29, 1.82) is 0 Å². The average Bonchev–Trinajstić information content (AvgIpc) is 2.90. The predicted octanol–water partition coefficient (Wildman–Crippen LogP) is 2.07. The smallest absolute Gasteiger partial charge is 0.192 e. The van der Waals surface area contributed by atoms with E-state index < -0.39 is 5.60 Å². The SMILES string of the molecule is CC(O)(C(=O)/C=C/N1CCCC1)c1ccccc1. The zero-order valence-corrected chi connectivity index (χ0v) is 10.7. The van der Waals surface area contributed by atoms with E-state index in [1.54, 1.807) is 25.3 Å². The molecule has 1 aromatic carbocycles. The van der Waals surface area contributed by atoms with Crippen LogP contribution >= 0.6 is 0 Å². The normalized spacial score (nSPS) is 19.1. The van der Waals surface area contributed by atoms with Crippen LogP contribution in [0.4, 0.5) is 0 Å². The van der Waals surface area contributed by atoms with E-state index in [1.165, 1.54) is 18.9 Å². The Hall–Kier alpha value is -1.61. The number of carbonyl (C=O) groups excluding carboxylic acids is 1. The standard InChI is InChI=1S/C15H19NO2/c1-15(18,13-7-3-2-4-8-13)14(17)9-12-16-10-5-6-11-16/h2-4,7-9,12,18H,5-6,10-11H2,1H3/b12-9+. The van der Waals surface area contributed by atoms with E-state index in [1.807, 2.05) is 18.2 Å². The molecule has 0 radical (unpaired) electrons. The third kappa shape index (κ3) is 2.79. The molecule has 0 amide bonds. The molecule has 1 saturated heterocycles. The molecule has 0 spiro atoms. The minimum atomic E-state index is -1.45. The predicted molar refractivity (Wildman–Crippen MR) is 71.0 cm³/mol. The highest BCUT2D eigenvalue weighted by molar-refractivity contribution is 5.97. The summed E-state index contributed by atoms with van der Waals surface area (Å²) >= 11 is 0. The van der Waals surface area contributed by atoms with Gasteiger partial charge >= 0.3 is 0 Å². The third-order valence-corrected chi connectivity index (χ3v) is 3.39. The van der Waals surface area contributed by atoms with Gasteiger partial charge in [0.2, 0.25) is 0 Å². The topological polar surface area (TPSA) is 40.5 Å². The summed E-state index contributed by atoms with van der Waals surface area (Å²) < 4.78 is 0. The van der Waals surface area contributed by atoms with Crippen molar-refractivity contribution in [2.75, 3.05) is 13.1 Å². The van der Waals surface area contributed by atoms with Gasteiger partial charge < -0.3 is 10.0 Å². The Morgan fingerprint density at radius 3 is 2.50 bits per heavy atom. The number of benzene rings is 1. The van der Waals surface area contributed by atoms with E-state index in [2.05, 4.69) is 4.90 Å². The molecule has 1 aliphatic rings. The van der Waals surface area contributed by atoms with Crippen LogP contribution in [0.5, 0.6) is 0 Å². The third-order valence-electron chi connectivity index (χ3n) is 3.39. The maximum Gasteiger partial charge on any atom is 0.192 e. The summed E-state index contributed by atoms with van der Waals surface area (Å²) in [6.07, 6.45) is 5.63. The number of rotatable bonds is 4. The van der Waals surface area contributed by atoms with Gasteiger partial charge in [0.15, 0.2) is 5.78 Å². The molecule has 96 valence electrons. The first-order chi connectivity index (χ1) is 8.60. The van der Waals surface area contributed by atoms with Crippen LogP contribution in [0.2, 0.25) is 0 Å². The highest BCUT2D eigenvalue weighted by atomic mass is 16.3. The van der Waals surface area contributed by atoms with Gasteiger partial charge in [0.25, 0.3) is 0 Å². The van der Waals surface area contributed by atoms with Crippen molar-refractivity contribution in [1.82, 2.24) is 4.90 Å². The molecule has 0 saturated carbocycles. The van der Waals surface area contributed by atoms with Gasteiger partial charge in [-0.1, -0.05) is 30.3 Å². The van der Waals surface area contributed by atoms with Crippen molar-refractivity contribution >= 4 is 5.78 Å². The molecule has 1 aromatic rings. The van der Waals surface area contributed by atoms with E-state index in [0.29, 0.717) is 5.56 Å². The summed E-state index contributed by atoms with van der Waals surface area (Å²) in [5.41, 5.74) is -0.821. The number of ketones is 1. The van der Waals surface area contributed by atoms with Crippen LogP contribution in [0, 0.1) is 0 Å². The summed E-state index contributed by atoms with van der Waals surface area (Å²) in [6, 6.07) is 9.04. The number of hydrogen-bond donors (Lipinski definition) is 1. The first-order valence-electron chi connectivity index (χ1n) is 6.35. The molecule has 1 aliphatic heterocycles. The first-order valence-corrected chi connectivity index (χ1v) is 6.35. The first kappa shape index (κ1) is 12.8. The van der Waals surface area contributed by atoms with Gasteiger partial charge in [0, 0.05) is 25.4 Å². The van der Waals surface area contributed by atoms with Crippen molar-refractivity contribution in [3.05, 3.63) is 48.2 Å². The molecule has 2 rings (SSSR count). The van der Waals surface area contributed by atoms with Crippen LogP contribution in [0.15, 0.2) is 42.6 Å². The van der Waals surface area contributed by atoms with E-state index in [-0.39, 0.29) is 5.78 Å². The van der Waals surface area contributed by atoms with Crippen molar-refractivity contribution in [2.24, 2.45) is 0 Å². The minimum absolute atomic E-state index is 0.277. The molecule has 0 aromatic heterocycles. The lowest BCUT2D eigenvalue weighted by molar-refractivity contribution is -0.131. The van der Waals surface area contributed by atoms with Crippen molar-refractivity contribution < 1.29 is 9.90 Å². The van der Waals surface area contributed by atoms with E-state index in [0.717, 1.165) is 13.1 Å². The summed E-state index contributed by atoms with van der Waals surface area (Å²) in [4.78, 5) is 14.2. The zero-order valence-electron chi connectivity index (χ0n) is 10.7. The number of aliphatic hydroxyl groups is 1. The molecule has 1 heterocycles. The maximum atomic E-state index is 12.1. The minimum Gasteiger partial charge on any atom is -0.377 e. The number of hydrogen-bond acceptors (Lipinski definition) is 3. The molecule has 18 heavy (non-hydrogen) atoms. The van der Waals surface area contributed by atoms with Crippen LogP contribution < -0.4 is 0 Å². The van der Waals surface area contributed by atoms with Crippen LogP contribution in [-0.4, -0.2) is 28.9 Å². The highest BCUT2D eigenvalue weighted by Crippen LogP contribution is 2.22. The second-order valence-corrected chi connectivity index (χ2v) is 4.86. The molecular formula is C15H19NO2. The van der Waals surface area contributed by atoms with Gasteiger partial charge in [-0.25, -0.2) is 0 Å². The second kappa shape index (κ2) is 5.36. The molecule has 0 aliphatic carbocycles. The fourth-order valence-corrected chi connectivity index (χ4v) is 2.13. The molecule has 0 bridgehead atoms. The van der Waals surface area contributed by atoms with E-state index in [9.17, 15) is 9.90 Å². The van der Waals surface area contributed by atoms with Gasteiger partial charge in [0.1, 0.15) is 5.60 Å². The molecule has 1 fully saturated rings. The average molecular weight is 245 g/mol. The van der Waals surface area contributed by atoms with Gasteiger partial charge in [-0.2, -0.15) is 0 Å². The molecule has 3 heteroatoms. The van der Waals surface area contributed by atoms with Gasteiger partial charge in [-0.3, -0.25) is 4.79 Å². The Labute approximate surface area is 108 Å². The maximum absolute atomic E-state index is 12.1. The molecular weight excluding hydrogens is 226 g/mol. The van der Waals surface area contributed by atoms with Crippen molar-refractivity contribution in [2.45, 2.75) is 25.4 Å². The quantitative estimate of drug-likeness (QED) is 0.826. The molecule has 1 N–H and O–H groups in total. The van der Waals surface area contributed by atoms with Crippen LogP contribution in [-0.2, 0) is 10.4 Å². The van der Waals surface area contributed by atoms with Gasteiger partial charge in [-0.05, 0) is 25.3 Å². The molecule has 3 nitrogen and oxygen atoms in total. The van der Waals surface area contributed by atoms with Gasteiger partial charge in [0.05, 0.1) is 0 Å². The summed E-state index contributed by atoms with van der Waals surface area (Å²) in [7, 11) is 0. The lowest BCUT2D eigenvalue weighted by atomic mass is 9.91. The van der Waals surface area contributed by atoms with Crippen LogP contribution in [0.1, 0.15) is 25.3 Å². The summed E-state index contributed by atoms with van der Waals surface area (Å²) in [5.74, 6) is -0.277. The largest absolute Gasteiger partial charge is 0.377 e. The zero-order chi connectivity index (χ0) is 13.0. The van der Waals surface area contributed by atoms with Crippen LogP contribution in [0.25, 0.3) is 0 Å². The summed E-state index contributed by atoms with van der Waals surface area (Å²) in [6.45, 7) is 3.54. The Morgan fingerprint density at radius 2 is 1.89 bits per heavy atom. The monoisotopic (exact) mass is 245 g/mol. The fourth-order valence-electron chi connectivity index (χ4n) is 2.13. The number of carbonyl (C=O) groups is 1. The van der Waals surface area contributed by atoms with Crippen molar-refractivity contribution in [3.63, 3.8) is 0 Å². The Kier molecular flexibility index (Phi) is 3.82. The second-order valence-electron chi connectivity index (χ2n) is 4.86. The van der Waals surface area contributed by atoms with Gasteiger partial charge in [-0.15, -0.1) is 0 Å². The highest BCUT2D eigenvalue weighted by Gasteiger charge is 2.30. The Bertz CT molecular complexity index is 431. The Balaban J connectivity index is 2.07. The number of nitrogens with zero attached hydrogens (tertiary/aromatic N) is 1. The number of likely N-dealkylation sites (tertiary alicyclic amines) is 1. The lowest BCUT2D eigenvalue weighted by Crippen LogP contribution is -2.31. The molecule has 1 atom stereocenters. The molecule has 1 unspecified atom stereocenters. The van der Waals surface area contributed by atoms with E-state index in [4.69, 9.17) is 0 Å².